The fourth-order valence-corrected chi connectivity index (χ4v) is 1.09. The Balaban J connectivity index is 2.96. The number of hydrogen-bond donors (Lipinski definition) is 0. The minimum Gasteiger partial charge on any atom is -0.355 e. The van der Waals surface area contributed by atoms with Crippen LogP contribution in [-0.4, -0.2) is 6.18 Å². The van der Waals surface area contributed by atoms with Gasteiger partial charge in [-0.25, -0.2) is 0 Å². The van der Waals surface area contributed by atoms with Crippen LogP contribution in [0, 0.1) is 14.0 Å². The van der Waals surface area contributed by atoms with E-state index in [1.165, 1.54) is 12.1 Å². The molecule has 2 radical (unpaired) electrons. The molecule has 1 aromatic rings. The fraction of sp³-hybridized carbons (Fsp3) is 0.300. The summed E-state index contributed by atoms with van der Waals surface area (Å²) in [6.45, 7) is 1.79. The predicted octanol–water partition coefficient (Wildman–Crippen LogP) is 3.28. The maximum absolute atomic E-state index is 12.3. The first kappa shape index (κ1) is 11.0. The zero-order chi connectivity index (χ0) is 10.8. The molecule has 1 nitrogen and oxygen atoms in total. The SMILES string of the molecule is [CH]OC(c1ccc(C)cc1)C(F)(F)F. The second kappa shape index (κ2) is 4.00. The van der Waals surface area contributed by atoms with Gasteiger partial charge in [0, 0.05) is 0 Å². The van der Waals surface area contributed by atoms with Crippen molar-refractivity contribution < 1.29 is 17.9 Å². The zero-order valence-electron chi connectivity index (χ0n) is 7.51. The van der Waals surface area contributed by atoms with E-state index in [0.29, 0.717) is 0 Å². The number of aryl methyl sites for hydroxylation is 1. The van der Waals surface area contributed by atoms with Gasteiger partial charge in [0.1, 0.15) is 7.11 Å². The van der Waals surface area contributed by atoms with Crippen molar-refractivity contribution in [1.29, 1.82) is 0 Å². The Labute approximate surface area is 80.5 Å². The highest BCUT2D eigenvalue weighted by atomic mass is 19.4. The Bertz CT molecular complexity index is 289. The average molecular weight is 202 g/mol. The van der Waals surface area contributed by atoms with Gasteiger partial charge in [0.15, 0.2) is 6.10 Å². The molecule has 0 bridgehead atoms. The van der Waals surface area contributed by atoms with Crippen molar-refractivity contribution in [1.82, 2.24) is 0 Å². The maximum atomic E-state index is 12.3. The Morgan fingerprint density at radius 3 is 2.07 bits per heavy atom. The van der Waals surface area contributed by atoms with E-state index in [2.05, 4.69) is 11.8 Å². The second-order valence-electron chi connectivity index (χ2n) is 2.97. The molecule has 0 saturated heterocycles. The summed E-state index contributed by atoms with van der Waals surface area (Å²) in [4.78, 5) is 0. The number of benzene rings is 1. The molecule has 0 N–H and O–H groups in total. The lowest BCUT2D eigenvalue weighted by Crippen LogP contribution is -2.21. The highest BCUT2D eigenvalue weighted by Gasteiger charge is 2.41. The van der Waals surface area contributed by atoms with Gasteiger partial charge in [-0.1, -0.05) is 29.8 Å². The molecular weight excluding hydrogens is 193 g/mol. The summed E-state index contributed by atoms with van der Waals surface area (Å²) in [5.41, 5.74) is 0.886. The predicted molar refractivity (Wildman–Crippen MR) is 45.4 cm³/mol. The van der Waals surface area contributed by atoms with Crippen LogP contribution < -0.4 is 0 Å². The minimum atomic E-state index is -4.48. The van der Waals surface area contributed by atoms with Crippen molar-refractivity contribution in [2.75, 3.05) is 0 Å². The van der Waals surface area contributed by atoms with Gasteiger partial charge in [-0.05, 0) is 12.5 Å². The van der Waals surface area contributed by atoms with Crippen molar-refractivity contribution in [2.24, 2.45) is 0 Å². The Kier molecular flexibility index (Phi) is 3.16. The molecule has 1 unspecified atom stereocenters. The zero-order valence-corrected chi connectivity index (χ0v) is 7.51. The molecule has 0 fully saturated rings. The van der Waals surface area contributed by atoms with E-state index in [9.17, 15) is 13.2 Å². The van der Waals surface area contributed by atoms with Crippen LogP contribution in [0.5, 0.6) is 0 Å². The summed E-state index contributed by atoms with van der Waals surface area (Å²) < 4.78 is 40.8. The molecule has 1 aromatic carbocycles. The van der Waals surface area contributed by atoms with Crippen LogP contribution in [0.3, 0.4) is 0 Å². The maximum Gasteiger partial charge on any atom is 0.418 e. The molecule has 0 amide bonds. The lowest BCUT2D eigenvalue weighted by atomic mass is 10.1. The number of halogens is 3. The van der Waals surface area contributed by atoms with E-state index in [1.807, 2.05) is 0 Å². The summed E-state index contributed by atoms with van der Waals surface area (Å²) in [6.07, 6.45) is -6.53. The number of rotatable bonds is 2. The van der Waals surface area contributed by atoms with Crippen LogP contribution in [0.15, 0.2) is 24.3 Å². The molecule has 0 spiro atoms. The Morgan fingerprint density at radius 2 is 1.71 bits per heavy atom. The third-order valence-corrected chi connectivity index (χ3v) is 1.81. The molecule has 1 atom stereocenters. The van der Waals surface area contributed by atoms with Gasteiger partial charge in [-0.2, -0.15) is 13.2 Å². The van der Waals surface area contributed by atoms with E-state index >= 15 is 0 Å². The van der Waals surface area contributed by atoms with Crippen molar-refractivity contribution >= 4 is 0 Å². The van der Waals surface area contributed by atoms with Crippen molar-refractivity contribution in [2.45, 2.75) is 19.2 Å². The van der Waals surface area contributed by atoms with Crippen molar-refractivity contribution in [3.63, 3.8) is 0 Å². The highest BCUT2D eigenvalue weighted by molar-refractivity contribution is 5.24. The molecule has 0 aliphatic carbocycles. The minimum absolute atomic E-state index is 0.00519. The second-order valence-corrected chi connectivity index (χ2v) is 2.97. The Hall–Kier alpha value is -1.03. The van der Waals surface area contributed by atoms with Crippen molar-refractivity contribution in [3.8, 4) is 0 Å². The summed E-state index contributed by atoms with van der Waals surface area (Å²) in [5.74, 6) is 0. The van der Waals surface area contributed by atoms with Gasteiger partial charge in [0.2, 0.25) is 0 Å². The number of ether oxygens (including phenoxy) is 1. The van der Waals surface area contributed by atoms with Gasteiger partial charge in [-0.15, -0.1) is 0 Å². The van der Waals surface area contributed by atoms with Crippen LogP contribution in [0.2, 0.25) is 0 Å². The van der Waals surface area contributed by atoms with Gasteiger partial charge in [0.05, 0.1) is 0 Å². The van der Waals surface area contributed by atoms with Gasteiger partial charge in [0.25, 0.3) is 0 Å². The first-order valence-electron chi connectivity index (χ1n) is 3.94. The third-order valence-electron chi connectivity index (χ3n) is 1.81. The van der Waals surface area contributed by atoms with E-state index in [4.69, 9.17) is 0 Å². The topological polar surface area (TPSA) is 9.23 Å². The quantitative estimate of drug-likeness (QED) is 0.715. The standard InChI is InChI=1S/C10H9F3O/c1-7-3-5-8(6-4-7)9(14-2)10(11,12)13/h2-6,9H,1H3. The molecule has 0 heterocycles. The summed E-state index contributed by atoms with van der Waals surface area (Å²) >= 11 is 0. The molecule has 0 aliphatic heterocycles. The lowest BCUT2D eigenvalue weighted by Gasteiger charge is -2.18. The number of hydrogen-bond acceptors (Lipinski definition) is 1. The van der Waals surface area contributed by atoms with E-state index in [1.54, 1.807) is 19.1 Å². The summed E-state index contributed by atoms with van der Waals surface area (Å²) in [7, 11) is 4.61. The Morgan fingerprint density at radius 1 is 1.21 bits per heavy atom. The van der Waals surface area contributed by atoms with Crippen LogP contribution in [0.4, 0.5) is 13.2 Å². The van der Waals surface area contributed by atoms with Crippen LogP contribution in [0.25, 0.3) is 0 Å². The molecule has 0 saturated carbocycles. The normalized spacial score (nSPS) is 14.1. The van der Waals surface area contributed by atoms with Crippen LogP contribution in [-0.2, 0) is 4.74 Å². The van der Waals surface area contributed by atoms with Crippen LogP contribution in [0.1, 0.15) is 17.2 Å². The smallest absolute Gasteiger partial charge is 0.355 e. The molecule has 0 aliphatic rings. The van der Waals surface area contributed by atoms with Gasteiger partial charge < -0.3 is 4.74 Å². The highest BCUT2D eigenvalue weighted by Crippen LogP contribution is 2.35. The summed E-state index contributed by atoms with van der Waals surface area (Å²) in [5, 5.41) is 0. The van der Waals surface area contributed by atoms with E-state index < -0.39 is 12.3 Å². The molecule has 4 heteroatoms. The monoisotopic (exact) mass is 202 g/mol. The first-order valence-corrected chi connectivity index (χ1v) is 3.94. The first-order chi connectivity index (χ1) is 6.45. The molecule has 1 rings (SSSR count). The van der Waals surface area contributed by atoms with E-state index in [-0.39, 0.29) is 5.56 Å². The third kappa shape index (κ3) is 2.48. The van der Waals surface area contributed by atoms with Crippen LogP contribution >= 0.6 is 0 Å². The van der Waals surface area contributed by atoms with Gasteiger partial charge >= 0.3 is 6.18 Å². The molecular formula is C10H9F3O. The molecule has 0 aromatic heterocycles. The average Bonchev–Trinajstić information content (AvgIpc) is 2.07. The van der Waals surface area contributed by atoms with Gasteiger partial charge in [-0.3, -0.25) is 0 Å². The summed E-state index contributed by atoms with van der Waals surface area (Å²) in [6, 6.07) is 5.85. The number of alkyl halides is 3. The fourth-order valence-electron chi connectivity index (χ4n) is 1.09. The largest absolute Gasteiger partial charge is 0.418 e. The molecule has 76 valence electrons. The lowest BCUT2D eigenvalue weighted by molar-refractivity contribution is -0.209. The van der Waals surface area contributed by atoms with E-state index in [0.717, 1.165) is 5.56 Å². The van der Waals surface area contributed by atoms with Crippen molar-refractivity contribution in [3.05, 3.63) is 42.5 Å². The molecule has 14 heavy (non-hydrogen) atoms.